The molecule has 0 aromatic rings. The van der Waals surface area contributed by atoms with Crippen molar-refractivity contribution in [3.63, 3.8) is 0 Å². The van der Waals surface area contributed by atoms with E-state index in [0.29, 0.717) is 34.7 Å². The van der Waals surface area contributed by atoms with Gasteiger partial charge < -0.3 is 14.6 Å². The van der Waals surface area contributed by atoms with E-state index in [1.54, 1.807) is 5.57 Å². The van der Waals surface area contributed by atoms with Crippen LogP contribution in [0.3, 0.4) is 0 Å². The maximum absolute atomic E-state index is 10.3. The lowest BCUT2D eigenvalue weighted by Gasteiger charge is -2.58. The monoisotopic (exact) mass is 414 g/mol. The summed E-state index contributed by atoms with van der Waals surface area (Å²) in [4.78, 5) is 0. The first-order valence-electron chi connectivity index (χ1n) is 13.0. The molecule has 6 aliphatic rings. The molecule has 3 heteroatoms. The van der Waals surface area contributed by atoms with E-state index in [-0.39, 0.29) is 11.9 Å². The summed E-state index contributed by atoms with van der Waals surface area (Å²) in [6, 6.07) is 0. The van der Waals surface area contributed by atoms with Crippen molar-refractivity contribution < 1.29 is 14.6 Å². The Morgan fingerprint density at radius 3 is 2.63 bits per heavy atom. The summed E-state index contributed by atoms with van der Waals surface area (Å²) < 4.78 is 13.3. The molecule has 0 unspecified atom stereocenters. The minimum absolute atomic E-state index is 0.107. The van der Waals surface area contributed by atoms with E-state index in [1.165, 1.54) is 38.5 Å². The Labute approximate surface area is 183 Å². The Morgan fingerprint density at radius 2 is 1.87 bits per heavy atom. The predicted octanol–water partition coefficient (Wildman–Crippen LogP) is 5.71. The van der Waals surface area contributed by atoms with Crippen molar-refractivity contribution in [1.29, 1.82) is 0 Å². The molecule has 5 fully saturated rings. The molecule has 6 rings (SSSR count). The van der Waals surface area contributed by atoms with E-state index in [1.807, 2.05) is 0 Å². The molecule has 0 bridgehead atoms. The van der Waals surface area contributed by atoms with Crippen molar-refractivity contribution in [2.75, 3.05) is 6.61 Å². The molecule has 1 spiro atoms. The fourth-order valence-corrected chi connectivity index (χ4v) is 9.66. The number of fused-ring (bicyclic) bond motifs is 7. The Morgan fingerprint density at radius 1 is 1.03 bits per heavy atom. The zero-order chi connectivity index (χ0) is 20.9. The molecule has 2 saturated heterocycles. The van der Waals surface area contributed by atoms with Crippen LogP contribution in [0, 0.1) is 46.3 Å². The van der Waals surface area contributed by atoms with Gasteiger partial charge in [0.05, 0.1) is 18.8 Å². The van der Waals surface area contributed by atoms with Crippen LogP contribution in [-0.2, 0) is 9.47 Å². The molecule has 2 aliphatic heterocycles. The predicted molar refractivity (Wildman–Crippen MR) is 118 cm³/mol. The quantitative estimate of drug-likeness (QED) is 0.516. The van der Waals surface area contributed by atoms with E-state index < -0.39 is 0 Å². The highest BCUT2D eigenvalue weighted by atomic mass is 16.7. The summed E-state index contributed by atoms with van der Waals surface area (Å²) in [6.45, 7) is 10.8. The largest absolute Gasteiger partial charge is 0.393 e. The zero-order valence-corrected chi connectivity index (χ0v) is 19.5. The number of aliphatic hydroxyl groups excluding tert-OH is 1. The van der Waals surface area contributed by atoms with E-state index >= 15 is 0 Å². The van der Waals surface area contributed by atoms with Gasteiger partial charge in [-0.05, 0) is 91.8 Å². The Hall–Kier alpha value is -0.380. The van der Waals surface area contributed by atoms with E-state index in [2.05, 4.69) is 33.8 Å². The summed E-state index contributed by atoms with van der Waals surface area (Å²) in [5, 5.41) is 10.3. The van der Waals surface area contributed by atoms with Crippen molar-refractivity contribution in [1.82, 2.24) is 0 Å². The van der Waals surface area contributed by atoms with Crippen molar-refractivity contribution in [3.05, 3.63) is 11.6 Å². The zero-order valence-electron chi connectivity index (χ0n) is 19.5. The average Bonchev–Trinajstić information content (AvgIpc) is 3.16. The topological polar surface area (TPSA) is 38.7 Å². The van der Waals surface area contributed by atoms with Gasteiger partial charge in [0, 0.05) is 12.3 Å². The number of ether oxygens (including phenoxy) is 2. The summed E-state index contributed by atoms with van der Waals surface area (Å²) >= 11 is 0. The molecule has 0 aromatic heterocycles. The lowest BCUT2D eigenvalue weighted by Crippen LogP contribution is -2.52. The maximum atomic E-state index is 10.3. The van der Waals surface area contributed by atoms with Gasteiger partial charge in [0.25, 0.3) is 0 Å². The molecule has 3 nitrogen and oxygen atoms in total. The molecule has 0 radical (unpaired) electrons. The second kappa shape index (κ2) is 6.58. The van der Waals surface area contributed by atoms with Crippen molar-refractivity contribution in [2.24, 2.45) is 46.3 Å². The van der Waals surface area contributed by atoms with Crippen LogP contribution in [0.2, 0.25) is 0 Å². The highest BCUT2D eigenvalue weighted by molar-refractivity contribution is 5.26. The van der Waals surface area contributed by atoms with E-state index in [9.17, 15) is 5.11 Å². The third-order valence-corrected chi connectivity index (χ3v) is 11.3. The molecule has 4 aliphatic carbocycles. The molecular formula is C27H42O3. The van der Waals surface area contributed by atoms with Crippen LogP contribution in [0.1, 0.15) is 85.5 Å². The van der Waals surface area contributed by atoms with Gasteiger partial charge in [0.15, 0.2) is 5.79 Å². The third-order valence-electron chi connectivity index (χ3n) is 11.3. The number of allylic oxidation sites excluding steroid dienone is 1. The van der Waals surface area contributed by atoms with Crippen LogP contribution in [0.15, 0.2) is 11.6 Å². The van der Waals surface area contributed by atoms with E-state index in [0.717, 1.165) is 43.6 Å². The summed E-state index contributed by atoms with van der Waals surface area (Å²) in [5.41, 5.74) is 2.31. The molecule has 11 atom stereocenters. The lowest BCUT2D eigenvalue weighted by molar-refractivity contribution is -0.272. The summed E-state index contributed by atoms with van der Waals surface area (Å²) in [6.07, 6.45) is 13.5. The highest BCUT2D eigenvalue weighted by Crippen LogP contribution is 2.70. The maximum Gasteiger partial charge on any atom is 0.171 e. The SMILES string of the molecule is C[C@H]1CC[C@]2(OC1)O[C@@H]1C[C@H]3[C@@H]4CC=C5C[C@@H](O)CC[C@]5(C)[C@H]4CC[C@]3(C)[C@@H]1[C@H]2C. The first-order valence-corrected chi connectivity index (χ1v) is 13.0. The van der Waals surface area contributed by atoms with Gasteiger partial charge in [-0.3, -0.25) is 0 Å². The van der Waals surface area contributed by atoms with Gasteiger partial charge in [0.2, 0.25) is 0 Å². The number of rotatable bonds is 0. The molecule has 168 valence electrons. The normalized spacial score (nSPS) is 59.8. The van der Waals surface area contributed by atoms with Gasteiger partial charge in [0.1, 0.15) is 0 Å². The van der Waals surface area contributed by atoms with Gasteiger partial charge in [-0.2, -0.15) is 0 Å². The van der Waals surface area contributed by atoms with Crippen LogP contribution in [0.4, 0.5) is 0 Å². The minimum atomic E-state index is -0.294. The molecular weight excluding hydrogens is 372 g/mol. The molecule has 3 saturated carbocycles. The second-order valence-corrected chi connectivity index (χ2v) is 12.7. The van der Waals surface area contributed by atoms with Crippen molar-refractivity contribution in [3.8, 4) is 0 Å². The Balaban J connectivity index is 1.28. The summed E-state index contributed by atoms with van der Waals surface area (Å²) in [5.74, 6) is 3.94. The average molecular weight is 415 g/mol. The van der Waals surface area contributed by atoms with Crippen LogP contribution in [-0.4, -0.2) is 29.7 Å². The van der Waals surface area contributed by atoms with Crippen molar-refractivity contribution >= 4 is 0 Å². The van der Waals surface area contributed by atoms with Crippen LogP contribution < -0.4 is 0 Å². The Kier molecular flexibility index (Phi) is 4.44. The fraction of sp³-hybridized carbons (Fsp3) is 0.926. The number of hydrogen-bond donors (Lipinski definition) is 1. The second-order valence-electron chi connectivity index (χ2n) is 12.7. The molecule has 30 heavy (non-hydrogen) atoms. The molecule has 0 aromatic carbocycles. The third kappa shape index (κ3) is 2.55. The fourth-order valence-electron chi connectivity index (χ4n) is 9.66. The first kappa shape index (κ1) is 20.2. The number of hydrogen-bond acceptors (Lipinski definition) is 3. The number of aliphatic hydroxyl groups is 1. The summed E-state index contributed by atoms with van der Waals surface area (Å²) in [7, 11) is 0. The molecule has 1 N–H and O–H groups in total. The van der Waals surface area contributed by atoms with Gasteiger partial charge in [-0.1, -0.05) is 39.3 Å². The van der Waals surface area contributed by atoms with Gasteiger partial charge in [-0.25, -0.2) is 0 Å². The van der Waals surface area contributed by atoms with Crippen molar-refractivity contribution in [2.45, 2.75) is 103 Å². The molecule has 0 amide bonds. The lowest BCUT2D eigenvalue weighted by atomic mass is 9.47. The minimum Gasteiger partial charge on any atom is -0.393 e. The molecule has 2 heterocycles. The highest BCUT2D eigenvalue weighted by Gasteiger charge is 2.68. The van der Waals surface area contributed by atoms with Gasteiger partial charge in [-0.15, -0.1) is 0 Å². The standard InChI is InChI=1S/C27H42O3/c1-16-7-12-27(29-15-16)17(2)24-23(30-27)14-22-20-6-5-18-13-19(28)8-10-25(18,3)21(20)9-11-26(22,24)4/h5,16-17,19-24,28H,6-15H2,1-4H3/t16-,17+,19-,20+,21-,22-,23+,24+,25-,26-,27-/m0/s1. The van der Waals surface area contributed by atoms with Crippen LogP contribution >= 0.6 is 0 Å². The van der Waals surface area contributed by atoms with Gasteiger partial charge >= 0.3 is 0 Å². The van der Waals surface area contributed by atoms with Crippen LogP contribution in [0.5, 0.6) is 0 Å². The van der Waals surface area contributed by atoms with E-state index in [4.69, 9.17) is 9.47 Å². The Bertz CT molecular complexity index is 736. The smallest absolute Gasteiger partial charge is 0.171 e. The van der Waals surface area contributed by atoms with Crippen LogP contribution in [0.25, 0.3) is 0 Å². The first-order chi connectivity index (χ1) is 14.3.